The minimum absolute atomic E-state index is 0.481. The summed E-state index contributed by atoms with van der Waals surface area (Å²) in [6, 6.07) is 20.7. The monoisotopic (exact) mass is 502 g/mol. The van der Waals surface area contributed by atoms with Crippen LogP contribution in [0.25, 0.3) is 22.3 Å². The van der Waals surface area contributed by atoms with Crippen LogP contribution in [-0.2, 0) is 0 Å². The third-order valence-electron chi connectivity index (χ3n) is 6.46. The van der Waals surface area contributed by atoms with Gasteiger partial charge in [-0.3, -0.25) is 0 Å². The molecule has 0 amide bonds. The number of hydrogen-bond acceptors (Lipinski definition) is 0. The average molecular weight is 501 g/mol. The second-order valence-corrected chi connectivity index (χ2v) is 12.8. The van der Waals surface area contributed by atoms with Gasteiger partial charge in [-0.25, -0.2) is 0 Å². The first-order valence-corrected chi connectivity index (χ1v) is 16.3. The maximum absolute atomic E-state index is 5.02. The number of rotatable bonds is 6. The SMILES string of the molecule is CC(C)c1cccc(C(C)C)c1-c1cccc(-c2c(C(C)C)cccc2C(C)C)[c]1[Ge]#[P]. The Bertz CT molecular complexity index is 1010. The van der Waals surface area contributed by atoms with Crippen LogP contribution in [0.2, 0.25) is 0 Å². The Morgan fingerprint density at radius 2 is 0.781 bits per heavy atom. The molecule has 0 nitrogen and oxygen atoms in total. The molecule has 0 saturated heterocycles. The first-order chi connectivity index (χ1) is 15.2. The van der Waals surface area contributed by atoms with Crippen molar-refractivity contribution in [3.63, 3.8) is 0 Å². The van der Waals surface area contributed by atoms with E-state index in [4.69, 9.17) is 7.19 Å². The van der Waals surface area contributed by atoms with E-state index in [0.717, 1.165) is 0 Å². The van der Waals surface area contributed by atoms with E-state index in [9.17, 15) is 0 Å². The Morgan fingerprint density at radius 3 is 1.03 bits per heavy atom. The Kier molecular flexibility index (Phi) is 8.45. The number of benzene rings is 3. The molecule has 0 aliphatic carbocycles. The Balaban J connectivity index is 2.45. The van der Waals surface area contributed by atoms with E-state index < -0.39 is 14.3 Å². The van der Waals surface area contributed by atoms with Crippen LogP contribution in [0.3, 0.4) is 0 Å². The van der Waals surface area contributed by atoms with Crippen LogP contribution in [0, 0.1) is 0 Å². The van der Waals surface area contributed by atoms with Gasteiger partial charge in [-0.2, -0.15) is 0 Å². The van der Waals surface area contributed by atoms with Gasteiger partial charge in [0.15, 0.2) is 0 Å². The van der Waals surface area contributed by atoms with Crippen LogP contribution in [0.5, 0.6) is 0 Å². The van der Waals surface area contributed by atoms with E-state index in [1.165, 1.54) is 48.9 Å². The predicted octanol–water partition coefficient (Wildman–Crippen LogP) is 9.17. The van der Waals surface area contributed by atoms with Gasteiger partial charge < -0.3 is 0 Å². The van der Waals surface area contributed by atoms with Crippen molar-refractivity contribution in [3.05, 3.63) is 76.9 Å². The topological polar surface area (TPSA) is 0 Å². The molecule has 0 bridgehead atoms. The minimum atomic E-state index is -0.578. The average Bonchev–Trinajstić information content (AvgIpc) is 2.77. The fraction of sp³-hybridized carbons (Fsp3) is 0.400. The Hall–Kier alpha value is -1.37. The molecule has 3 rings (SSSR count). The van der Waals surface area contributed by atoms with E-state index in [1.807, 2.05) is 0 Å². The normalized spacial score (nSPS) is 11.6. The van der Waals surface area contributed by atoms with Gasteiger partial charge in [0.2, 0.25) is 0 Å². The second kappa shape index (κ2) is 10.7. The summed E-state index contributed by atoms with van der Waals surface area (Å²) < 4.78 is 1.47. The summed E-state index contributed by atoms with van der Waals surface area (Å²) in [5.74, 6) is 1.92. The van der Waals surface area contributed by atoms with Crippen LogP contribution in [0.1, 0.15) is 101 Å². The van der Waals surface area contributed by atoms with Crippen LogP contribution in [-0.4, -0.2) is 14.3 Å². The molecule has 0 radical (unpaired) electrons. The standard InChI is InChI=1S/C30H37GeP/c1-18(2)22-12-9-13-23(19(3)4)28(22)26-16-11-17-27(30(26)31-32)29-24(20(5)6)14-10-15-25(29)21(7)8/h9-21H,1-8H3. The molecule has 32 heavy (non-hydrogen) atoms. The predicted molar refractivity (Wildman–Crippen MR) is 146 cm³/mol. The van der Waals surface area contributed by atoms with Crippen molar-refractivity contribution in [3.8, 4) is 22.3 Å². The zero-order valence-corrected chi connectivity index (χ0v) is 23.9. The van der Waals surface area contributed by atoms with Crippen LogP contribution >= 0.6 is 7.19 Å². The molecule has 166 valence electrons. The van der Waals surface area contributed by atoms with Gasteiger partial charge in [-0.1, -0.05) is 0 Å². The maximum atomic E-state index is 5.02. The Morgan fingerprint density at radius 1 is 0.500 bits per heavy atom. The summed E-state index contributed by atoms with van der Waals surface area (Å²) in [6.07, 6.45) is 0. The van der Waals surface area contributed by atoms with Crippen molar-refractivity contribution in [2.24, 2.45) is 0 Å². The van der Waals surface area contributed by atoms with Gasteiger partial charge in [0.1, 0.15) is 0 Å². The van der Waals surface area contributed by atoms with Gasteiger partial charge in [-0.05, 0) is 0 Å². The van der Waals surface area contributed by atoms with Crippen LogP contribution in [0.15, 0.2) is 54.6 Å². The summed E-state index contributed by atoms with van der Waals surface area (Å²) in [7, 11) is 5.02. The van der Waals surface area contributed by atoms with E-state index in [-0.39, 0.29) is 0 Å². The molecule has 0 unspecified atom stereocenters. The molecule has 2 heteroatoms. The molecule has 3 aromatic carbocycles. The first kappa shape index (κ1) is 25.3. The van der Waals surface area contributed by atoms with Gasteiger partial charge in [-0.15, -0.1) is 0 Å². The van der Waals surface area contributed by atoms with Crippen molar-refractivity contribution in [2.75, 3.05) is 0 Å². The third kappa shape index (κ3) is 4.92. The van der Waals surface area contributed by atoms with Crippen LogP contribution in [0.4, 0.5) is 0 Å². The fourth-order valence-electron chi connectivity index (χ4n) is 4.81. The fourth-order valence-corrected chi connectivity index (χ4v) is 7.44. The van der Waals surface area contributed by atoms with E-state index >= 15 is 0 Å². The summed E-state index contributed by atoms with van der Waals surface area (Å²) in [5, 5.41) is 0. The van der Waals surface area contributed by atoms with Gasteiger partial charge in [0, 0.05) is 0 Å². The number of hydrogen-bond donors (Lipinski definition) is 0. The van der Waals surface area contributed by atoms with Gasteiger partial charge >= 0.3 is 204 Å². The molecule has 0 atom stereocenters. The zero-order valence-electron chi connectivity index (χ0n) is 21.0. The molecular formula is C30H37GeP. The van der Waals surface area contributed by atoms with Crippen molar-refractivity contribution < 1.29 is 0 Å². The van der Waals surface area contributed by atoms with E-state index in [1.54, 1.807) is 0 Å². The Labute approximate surface area is 203 Å². The molecule has 0 aliphatic rings. The van der Waals surface area contributed by atoms with Crippen molar-refractivity contribution in [2.45, 2.75) is 79.1 Å². The summed E-state index contributed by atoms with van der Waals surface area (Å²) in [4.78, 5) is 0. The molecule has 3 aromatic rings. The molecule has 0 N–H and O–H groups in total. The first-order valence-electron chi connectivity index (χ1n) is 12.0. The van der Waals surface area contributed by atoms with Gasteiger partial charge in [0.05, 0.1) is 0 Å². The van der Waals surface area contributed by atoms with Crippen molar-refractivity contribution >= 4 is 25.9 Å². The van der Waals surface area contributed by atoms with E-state index in [0.29, 0.717) is 23.7 Å². The van der Waals surface area contributed by atoms with Gasteiger partial charge in [0.25, 0.3) is 0 Å². The summed E-state index contributed by atoms with van der Waals surface area (Å²) in [6.45, 7) is 18.5. The van der Waals surface area contributed by atoms with Crippen LogP contribution < -0.4 is 4.40 Å². The van der Waals surface area contributed by atoms with E-state index in [2.05, 4.69) is 110 Å². The third-order valence-corrected chi connectivity index (χ3v) is 9.22. The molecule has 0 saturated carbocycles. The molecule has 0 fully saturated rings. The second-order valence-electron chi connectivity index (χ2n) is 10.1. The molecule has 0 aromatic heterocycles. The molecular weight excluding hydrogens is 464 g/mol. The molecule has 0 heterocycles. The van der Waals surface area contributed by atoms with Crippen molar-refractivity contribution in [1.82, 2.24) is 0 Å². The van der Waals surface area contributed by atoms with Crippen molar-refractivity contribution in [1.29, 1.82) is 0 Å². The summed E-state index contributed by atoms with van der Waals surface area (Å²) >= 11 is -0.578. The molecule has 0 aliphatic heterocycles. The quantitative estimate of drug-likeness (QED) is 0.233. The molecule has 0 spiro atoms. The summed E-state index contributed by atoms with van der Waals surface area (Å²) in [5.41, 5.74) is 11.5. The zero-order chi connectivity index (χ0) is 23.6.